The van der Waals surface area contributed by atoms with Crippen molar-refractivity contribution in [2.45, 2.75) is 27.7 Å². The van der Waals surface area contributed by atoms with Gasteiger partial charge in [0, 0.05) is 38.8 Å². The fourth-order valence-corrected chi connectivity index (χ4v) is 2.87. The van der Waals surface area contributed by atoms with Crippen molar-refractivity contribution in [3.05, 3.63) is 29.3 Å². The molecule has 1 aliphatic heterocycles. The van der Waals surface area contributed by atoms with E-state index in [2.05, 4.69) is 0 Å². The van der Waals surface area contributed by atoms with E-state index in [9.17, 15) is 14.4 Å². The fourth-order valence-electron chi connectivity index (χ4n) is 2.87. The first-order valence-corrected chi connectivity index (χ1v) is 8.88. The highest BCUT2D eigenvalue weighted by Gasteiger charge is 2.26. The second-order valence-corrected chi connectivity index (χ2v) is 6.44. The van der Waals surface area contributed by atoms with E-state index < -0.39 is 0 Å². The smallest absolute Gasteiger partial charge is 0.409 e. The Kier molecular flexibility index (Phi) is 6.60. The minimum atomic E-state index is -0.347. The molecule has 142 valence electrons. The normalized spacial score (nSPS) is 14.2. The van der Waals surface area contributed by atoms with Gasteiger partial charge in [-0.1, -0.05) is 6.07 Å². The molecular formula is C19H27N3O4. The summed E-state index contributed by atoms with van der Waals surface area (Å²) >= 11 is 0. The van der Waals surface area contributed by atoms with Crippen LogP contribution in [0.3, 0.4) is 0 Å². The molecule has 0 unspecified atom stereocenters. The first kappa shape index (κ1) is 19.8. The number of anilines is 1. The molecule has 0 N–H and O–H groups in total. The van der Waals surface area contributed by atoms with Crippen LogP contribution in [-0.2, 0) is 14.3 Å². The maximum absolute atomic E-state index is 12.6. The molecule has 7 nitrogen and oxygen atoms in total. The average molecular weight is 361 g/mol. The molecular weight excluding hydrogens is 334 g/mol. The topological polar surface area (TPSA) is 70.2 Å². The number of rotatable bonds is 4. The van der Waals surface area contributed by atoms with Gasteiger partial charge in [-0.3, -0.25) is 9.59 Å². The Balaban J connectivity index is 1.99. The Bertz CT molecular complexity index is 681. The number of carbonyl (C=O) groups is 3. The van der Waals surface area contributed by atoms with Gasteiger partial charge < -0.3 is 19.4 Å². The van der Waals surface area contributed by atoms with E-state index in [4.69, 9.17) is 4.74 Å². The standard InChI is InChI=1S/C19H27N3O4/c1-5-26-19(25)21-10-8-20(9-11-21)18(24)13-22(16(4)23)17-7-6-14(2)15(3)12-17/h6-7,12H,5,8-11,13H2,1-4H3. The molecule has 3 amide bonds. The van der Waals surface area contributed by atoms with Crippen molar-refractivity contribution >= 4 is 23.6 Å². The summed E-state index contributed by atoms with van der Waals surface area (Å²) in [5.41, 5.74) is 2.93. The van der Waals surface area contributed by atoms with Crippen molar-refractivity contribution in [1.82, 2.24) is 9.80 Å². The summed E-state index contributed by atoms with van der Waals surface area (Å²) in [6, 6.07) is 5.72. The van der Waals surface area contributed by atoms with Gasteiger partial charge >= 0.3 is 6.09 Å². The monoisotopic (exact) mass is 361 g/mol. The predicted molar refractivity (Wildman–Crippen MR) is 99.1 cm³/mol. The molecule has 1 aromatic rings. The number of piperazine rings is 1. The third-order valence-electron chi connectivity index (χ3n) is 4.63. The Morgan fingerprint density at radius 3 is 2.19 bits per heavy atom. The van der Waals surface area contributed by atoms with Gasteiger partial charge in [-0.2, -0.15) is 0 Å². The van der Waals surface area contributed by atoms with Crippen molar-refractivity contribution in [1.29, 1.82) is 0 Å². The Labute approximate surface area is 154 Å². The maximum atomic E-state index is 12.6. The molecule has 0 saturated carbocycles. The molecule has 1 aromatic carbocycles. The zero-order chi connectivity index (χ0) is 19.3. The summed E-state index contributed by atoms with van der Waals surface area (Å²) in [5.74, 6) is -0.298. The van der Waals surface area contributed by atoms with Crippen LogP contribution in [0.25, 0.3) is 0 Å². The number of nitrogens with zero attached hydrogens (tertiary/aromatic N) is 3. The Morgan fingerprint density at radius 1 is 1.04 bits per heavy atom. The molecule has 0 spiro atoms. The first-order valence-electron chi connectivity index (χ1n) is 8.88. The van der Waals surface area contributed by atoms with E-state index in [-0.39, 0.29) is 24.5 Å². The third-order valence-corrected chi connectivity index (χ3v) is 4.63. The van der Waals surface area contributed by atoms with Crippen LogP contribution in [0.1, 0.15) is 25.0 Å². The second-order valence-electron chi connectivity index (χ2n) is 6.44. The molecule has 0 aromatic heterocycles. The van der Waals surface area contributed by atoms with Crippen LogP contribution in [0, 0.1) is 13.8 Å². The lowest BCUT2D eigenvalue weighted by molar-refractivity contribution is -0.132. The molecule has 0 radical (unpaired) electrons. The number of amides is 3. The van der Waals surface area contributed by atoms with E-state index in [1.807, 2.05) is 32.0 Å². The highest BCUT2D eigenvalue weighted by Crippen LogP contribution is 2.19. The molecule has 7 heteroatoms. The minimum absolute atomic E-state index is 0.00274. The quantitative estimate of drug-likeness (QED) is 0.822. The summed E-state index contributed by atoms with van der Waals surface area (Å²) < 4.78 is 4.98. The summed E-state index contributed by atoms with van der Waals surface area (Å²) in [7, 11) is 0. The van der Waals surface area contributed by atoms with Gasteiger partial charge in [-0.15, -0.1) is 0 Å². The van der Waals surface area contributed by atoms with Crippen LogP contribution in [0.4, 0.5) is 10.5 Å². The lowest BCUT2D eigenvalue weighted by atomic mass is 10.1. The minimum Gasteiger partial charge on any atom is -0.450 e. The number of aryl methyl sites for hydroxylation is 2. The molecule has 2 rings (SSSR count). The van der Waals surface area contributed by atoms with Gasteiger partial charge in [0.1, 0.15) is 6.54 Å². The van der Waals surface area contributed by atoms with E-state index in [0.717, 1.165) is 16.8 Å². The fraction of sp³-hybridized carbons (Fsp3) is 0.526. The zero-order valence-electron chi connectivity index (χ0n) is 15.9. The van der Waals surface area contributed by atoms with Crippen LogP contribution < -0.4 is 4.90 Å². The van der Waals surface area contributed by atoms with E-state index in [1.54, 1.807) is 16.7 Å². The van der Waals surface area contributed by atoms with Crippen LogP contribution in [0.15, 0.2) is 18.2 Å². The number of carbonyl (C=O) groups excluding carboxylic acids is 3. The van der Waals surface area contributed by atoms with Gasteiger partial charge in [0.25, 0.3) is 0 Å². The van der Waals surface area contributed by atoms with Crippen LogP contribution in [0.5, 0.6) is 0 Å². The average Bonchev–Trinajstić information content (AvgIpc) is 2.62. The van der Waals surface area contributed by atoms with E-state index in [0.29, 0.717) is 32.8 Å². The third kappa shape index (κ3) is 4.74. The summed E-state index contributed by atoms with van der Waals surface area (Å²) in [4.78, 5) is 41.2. The Hall–Kier alpha value is -2.57. The SMILES string of the molecule is CCOC(=O)N1CCN(C(=O)CN(C(C)=O)c2ccc(C)c(C)c2)CC1. The lowest BCUT2D eigenvalue weighted by Gasteiger charge is -2.35. The van der Waals surface area contributed by atoms with Gasteiger partial charge in [-0.05, 0) is 44.0 Å². The zero-order valence-corrected chi connectivity index (χ0v) is 15.9. The molecule has 1 heterocycles. The number of hydrogen-bond donors (Lipinski definition) is 0. The molecule has 1 saturated heterocycles. The summed E-state index contributed by atoms with van der Waals surface area (Å²) in [5, 5.41) is 0. The summed E-state index contributed by atoms with van der Waals surface area (Å²) in [6.07, 6.45) is -0.347. The first-order chi connectivity index (χ1) is 12.3. The van der Waals surface area contributed by atoms with Crippen molar-refractivity contribution in [3.8, 4) is 0 Å². The summed E-state index contributed by atoms with van der Waals surface area (Å²) in [6.45, 7) is 9.30. The molecule has 0 bridgehead atoms. The lowest BCUT2D eigenvalue weighted by Crippen LogP contribution is -2.53. The van der Waals surface area contributed by atoms with E-state index >= 15 is 0 Å². The number of benzene rings is 1. The predicted octanol–water partition coefficient (Wildman–Crippen LogP) is 1.96. The molecule has 1 aliphatic rings. The highest BCUT2D eigenvalue weighted by atomic mass is 16.6. The van der Waals surface area contributed by atoms with Gasteiger partial charge in [0.05, 0.1) is 6.61 Å². The highest BCUT2D eigenvalue weighted by molar-refractivity contribution is 5.97. The van der Waals surface area contributed by atoms with Crippen molar-refractivity contribution in [3.63, 3.8) is 0 Å². The van der Waals surface area contributed by atoms with Crippen molar-refractivity contribution in [2.24, 2.45) is 0 Å². The number of ether oxygens (including phenoxy) is 1. The molecule has 0 atom stereocenters. The van der Waals surface area contributed by atoms with Crippen LogP contribution in [-0.4, -0.2) is 67.0 Å². The van der Waals surface area contributed by atoms with Gasteiger partial charge in [0.15, 0.2) is 0 Å². The van der Waals surface area contributed by atoms with E-state index in [1.165, 1.54) is 11.8 Å². The van der Waals surface area contributed by atoms with Crippen LogP contribution in [0.2, 0.25) is 0 Å². The second kappa shape index (κ2) is 8.69. The molecule has 0 aliphatic carbocycles. The largest absolute Gasteiger partial charge is 0.450 e. The maximum Gasteiger partial charge on any atom is 0.409 e. The van der Waals surface area contributed by atoms with Crippen LogP contribution >= 0.6 is 0 Å². The van der Waals surface area contributed by atoms with Gasteiger partial charge in [-0.25, -0.2) is 4.79 Å². The Morgan fingerprint density at radius 2 is 1.65 bits per heavy atom. The van der Waals surface area contributed by atoms with Gasteiger partial charge in [0.2, 0.25) is 11.8 Å². The molecule has 26 heavy (non-hydrogen) atoms. The van der Waals surface area contributed by atoms with Crippen molar-refractivity contribution < 1.29 is 19.1 Å². The van der Waals surface area contributed by atoms with Crippen molar-refractivity contribution in [2.75, 3.05) is 44.2 Å². The number of hydrogen-bond acceptors (Lipinski definition) is 4. The molecule has 1 fully saturated rings.